The van der Waals surface area contributed by atoms with Crippen LogP contribution in [0.4, 0.5) is 0 Å². The lowest BCUT2D eigenvalue weighted by Gasteiger charge is -2.31. The maximum absolute atomic E-state index is 12.7. The highest BCUT2D eigenvalue weighted by Crippen LogP contribution is 2.31. The topological polar surface area (TPSA) is 91.7 Å². The van der Waals surface area contributed by atoms with Gasteiger partial charge in [0.25, 0.3) is 0 Å². The first-order valence-electron chi connectivity index (χ1n) is 6.38. The van der Waals surface area contributed by atoms with E-state index in [2.05, 4.69) is 5.32 Å². The summed E-state index contributed by atoms with van der Waals surface area (Å²) < 4.78 is 36.8. The van der Waals surface area contributed by atoms with Crippen LogP contribution in [0, 0.1) is 11.3 Å². The molecule has 1 aliphatic rings. The number of hydrogen-bond acceptors (Lipinski definition) is 6. The number of nitrogens with zero attached hydrogens (tertiary/aromatic N) is 2. The maximum atomic E-state index is 12.7. The number of nitrogens with one attached hydrogen (secondary N) is 1. The van der Waals surface area contributed by atoms with Crippen LogP contribution >= 0.6 is 0 Å². The first-order chi connectivity index (χ1) is 10.0. The number of piperazine rings is 1. The Balaban J connectivity index is 2.41. The molecule has 1 heterocycles. The predicted octanol–water partition coefficient (Wildman–Crippen LogP) is 0.190. The first-order valence-corrected chi connectivity index (χ1v) is 7.82. The zero-order valence-corrected chi connectivity index (χ0v) is 12.7. The van der Waals surface area contributed by atoms with Gasteiger partial charge < -0.3 is 14.8 Å². The summed E-state index contributed by atoms with van der Waals surface area (Å²) in [7, 11) is -0.824. The molecular formula is C13H17N3O4S. The van der Waals surface area contributed by atoms with E-state index in [-0.39, 0.29) is 11.4 Å². The van der Waals surface area contributed by atoms with Crippen LogP contribution in [0.5, 0.6) is 11.5 Å². The van der Waals surface area contributed by atoms with Crippen molar-refractivity contribution >= 4 is 10.0 Å². The van der Waals surface area contributed by atoms with Gasteiger partial charge in [0.05, 0.1) is 25.2 Å². The fourth-order valence-corrected chi connectivity index (χ4v) is 3.75. The van der Waals surface area contributed by atoms with E-state index in [0.717, 1.165) is 0 Å². The van der Waals surface area contributed by atoms with E-state index in [1.54, 1.807) is 0 Å². The Bertz CT molecular complexity index is 654. The van der Waals surface area contributed by atoms with Crippen LogP contribution in [0.1, 0.15) is 0 Å². The highest BCUT2D eigenvalue weighted by Gasteiger charge is 2.34. The Morgan fingerprint density at radius 1 is 1.33 bits per heavy atom. The molecule has 0 saturated carbocycles. The minimum atomic E-state index is -3.75. The molecule has 1 aromatic rings. The minimum Gasteiger partial charge on any atom is -0.493 e. The fraction of sp³-hybridized carbons (Fsp3) is 0.462. The van der Waals surface area contributed by atoms with Gasteiger partial charge in [-0.3, -0.25) is 0 Å². The van der Waals surface area contributed by atoms with Gasteiger partial charge in [0.2, 0.25) is 10.0 Å². The smallest absolute Gasteiger partial charge is 0.244 e. The number of hydrogen-bond donors (Lipinski definition) is 1. The Hall–Kier alpha value is -1.82. The molecule has 114 valence electrons. The van der Waals surface area contributed by atoms with Crippen molar-refractivity contribution < 1.29 is 17.9 Å². The van der Waals surface area contributed by atoms with Gasteiger partial charge in [0.15, 0.2) is 11.5 Å². The molecule has 0 radical (unpaired) electrons. The van der Waals surface area contributed by atoms with Crippen LogP contribution in [-0.4, -0.2) is 52.6 Å². The van der Waals surface area contributed by atoms with Crippen molar-refractivity contribution in [1.82, 2.24) is 9.62 Å². The highest BCUT2D eigenvalue weighted by molar-refractivity contribution is 7.89. The van der Waals surface area contributed by atoms with Crippen LogP contribution < -0.4 is 14.8 Å². The quantitative estimate of drug-likeness (QED) is 0.853. The van der Waals surface area contributed by atoms with Crippen LogP contribution in [0.25, 0.3) is 0 Å². The SMILES string of the molecule is COc1ccc(S(=O)(=O)N2CCNCC2C#N)cc1OC. The Labute approximate surface area is 124 Å². The number of methoxy groups -OCH3 is 2. The van der Waals surface area contributed by atoms with E-state index < -0.39 is 16.1 Å². The van der Waals surface area contributed by atoms with Crippen LogP contribution in [0.15, 0.2) is 23.1 Å². The molecule has 1 aromatic carbocycles. The second-order valence-corrected chi connectivity index (χ2v) is 6.37. The Morgan fingerprint density at radius 3 is 2.67 bits per heavy atom. The average molecular weight is 311 g/mol. The van der Waals surface area contributed by atoms with Crippen LogP contribution in [-0.2, 0) is 10.0 Å². The molecule has 0 amide bonds. The summed E-state index contributed by atoms with van der Waals surface area (Å²) in [4.78, 5) is 0.0855. The van der Waals surface area contributed by atoms with Crippen molar-refractivity contribution in [2.24, 2.45) is 0 Å². The zero-order chi connectivity index (χ0) is 15.5. The third-order valence-corrected chi connectivity index (χ3v) is 5.21. The molecule has 1 saturated heterocycles. The molecule has 1 unspecified atom stereocenters. The molecular weight excluding hydrogens is 294 g/mol. The van der Waals surface area contributed by atoms with E-state index in [9.17, 15) is 8.42 Å². The van der Waals surface area contributed by atoms with Crippen LogP contribution in [0.3, 0.4) is 0 Å². The van der Waals surface area contributed by atoms with Crippen molar-refractivity contribution in [3.63, 3.8) is 0 Å². The molecule has 0 aliphatic carbocycles. The van der Waals surface area contributed by atoms with Gasteiger partial charge in [-0.05, 0) is 12.1 Å². The third-order valence-electron chi connectivity index (χ3n) is 3.30. The third kappa shape index (κ3) is 2.95. The van der Waals surface area contributed by atoms with Crippen molar-refractivity contribution in [1.29, 1.82) is 5.26 Å². The molecule has 8 heteroatoms. The average Bonchev–Trinajstić information content (AvgIpc) is 2.53. The molecule has 7 nitrogen and oxygen atoms in total. The van der Waals surface area contributed by atoms with Gasteiger partial charge in [-0.2, -0.15) is 9.57 Å². The number of rotatable bonds is 4. The van der Waals surface area contributed by atoms with Gasteiger partial charge >= 0.3 is 0 Å². The van der Waals surface area contributed by atoms with Crippen molar-refractivity contribution in [2.75, 3.05) is 33.9 Å². The molecule has 1 atom stereocenters. The molecule has 0 spiro atoms. The molecule has 0 bridgehead atoms. The summed E-state index contributed by atoms with van der Waals surface area (Å²) in [6.07, 6.45) is 0. The highest BCUT2D eigenvalue weighted by atomic mass is 32.2. The molecule has 21 heavy (non-hydrogen) atoms. The fourth-order valence-electron chi connectivity index (χ4n) is 2.20. The monoisotopic (exact) mass is 311 g/mol. The number of nitriles is 1. The maximum Gasteiger partial charge on any atom is 0.244 e. The normalized spacial score (nSPS) is 19.8. The van der Waals surface area contributed by atoms with E-state index in [4.69, 9.17) is 14.7 Å². The lowest BCUT2D eigenvalue weighted by atomic mass is 10.3. The number of ether oxygens (including phenoxy) is 2. The summed E-state index contributed by atoms with van der Waals surface area (Å²) in [6, 6.07) is 5.69. The minimum absolute atomic E-state index is 0.0855. The lowest BCUT2D eigenvalue weighted by Crippen LogP contribution is -2.52. The molecule has 1 aliphatic heterocycles. The summed E-state index contributed by atoms with van der Waals surface area (Å²) >= 11 is 0. The van der Waals surface area contributed by atoms with Gasteiger partial charge in [0, 0.05) is 25.7 Å². The number of sulfonamides is 1. The summed E-state index contributed by atoms with van der Waals surface area (Å²) in [6.45, 7) is 1.10. The van der Waals surface area contributed by atoms with Gasteiger partial charge in [-0.1, -0.05) is 0 Å². The van der Waals surface area contributed by atoms with Gasteiger partial charge in [-0.15, -0.1) is 0 Å². The molecule has 1 N–H and O–H groups in total. The second kappa shape index (κ2) is 6.30. The Morgan fingerprint density at radius 2 is 2.05 bits per heavy atom. The molecule has 0 aromatic heterocycles. The first kappa shape index (κ1) is 15.6. The van der Waals surface area contributed by atoms with Crippen LogP contribution in [0.2, 0.25) is 0 Å². The largest absolute Gasteiger partial charge is 0.493 e. The Kier molecular flexibility index (Phi) is 4.67. The predicted molar refractivity (Wildman–Crippen MR) is 75.7 cm³/mol. The number of benzene rings is 1. The summed E-state index contributed by atoms with van der Waals surface area (Å²) in [5, 5.41) is 12.1. The summed E-state index contributed by atoms with van der Waals surface area (Å²) in [5.74, 6) is 0.788. The molecule has 2 rings (SSSR count). The van der Waals surface area contributed by atoms with Crippen molar-refractivity contribution in [3.05, 3.63) is 18.2 Å². The van der Waals surface area contributed by atoms with Crippen molar-refractivity contribution in [3.8, 4) is 17.6 Å². The van der Waals surface area contributed by atoms with Gasteiger partial charge in [0.1, 0.15) is 6.04 Å². The van der Waals surface area contributed by atoms with Crippen molar-refractivity contribution in [2.45, 2.75) is 10.9 Å². The lowest BCUT2D eigenvalue weighted by molar-refractivity contribution is 0.311. The van der Waals surface area contributed by atoms with Gasteiger partial charge in [-0.25, -0.2) is 8.42 Å². The van der Waals surface area contributed by atoms with E-state index in [1.807, 2.05) is 6.07 Å². The zero-order valence-electron chi connectivity index (χ0n) is 11.9. The standard InChI is InChI=1S/C13H17N3O4S/c1-19-12-4-3-11(7-13(12)20-2)21(17,18)16-6-5-15-9-10(16)8-14/h3-4,7,10,15H,5-6,9H2,1-2H3. The van der Waals surface area contributed by atoms with E-state index >= 15 is 0 Å². The second-order valence-electron chi connectivity index (χ2n) is 4.48. The summed E-state index contributed by atoms with van der Waals surface area (Å²) in [5.41, 5.74) is 0. The molecule has 1 fully saturated rings. The van der Waals surface area contributed by atoms with E-state index in [1.165, 1.54) is 36.7 Å². The van der Waals surface area contributed by atoms with E-state index in [0.29, 0.717) is 24.6 Å².